The maximum atomic E-state index is 13.6. The first-order valence-electron chi connectivity index (χ1n) is 13.4. The molecule has 1 saturated heterocycles. The number of anilines is 1. The molecule has 1 aromatic carbocycles. The second kappa shape index (κ2) is 12.7. The maximum Gasteiger partial charge on any atom is 0.328 e. The van der Waals surface area contributed by atoms with Gasteiger partial charge in [0.1, 0.15) is 23.4 Å². The lowest BCUT2D eigenvalue weighted by atomic mass is 10.0. The summed E-state index contributed by atoms with van der Waals surface area (Å²) >= 11 is 0. The van der Waals surface area contributed by atoms with Crippen molar-refractivity contribution in [3.05, 3.63) is 47.3 Å². The molecule has 0 aliphatic carbocycles. The number of aryl methyl sites for hydroxylation is 1. The fourth-order valence-corrected chi connectivity index (χ4v) is 5.52. The number of rotatable bonds is 11. The van der Waals surface area contributed by atoms with Gasteiger partial charge in [-0.1, -0.05) is 0 Å². The van der Waals surface area contributed by atoms with Crippen molar-refractivity contribution < 1.29 is 36.3 Å². The Morgan fingerprint density at radius 3 is 2.59 bits per heavy atom. The molecule has 13 heteroatoms. The predicted octanol–water partition coefficient (Wildman–Crippen LogP) is 3.63. The lowest BCUT2D eigenvalue weighted by Crippen LogP contribution is -2.40. The molecule has 11 nitrogen and oxygen atoms in total. The molecule has 4 rings (SSSR count). The van der Waals surface area contributed by atoms with Crippen LogP contribution < -0.4 is 10.0 Å². The fraction of sp³-hybridized carbons (Fsp3) is 0.429. The number of hydrogen-bond donors (Lipinski definition) is 2. The van der Waals surface area contributed by atoms with E-state index in [1.54, 1.807) is 11.0 Å². The van der Waals surface area contributed by atoms with E-state index < -0.39 is 33.8 Å². The highest BCUT2D eigenvalue weighted by Gasteiger charge is 2.34. The van der Waals surface area contributed by atoms with Crippen molar-refractivity contribution in [3.8, 4) is 11.3 Å². The van der Waals surface area contributed by atoms with Crippen LogP contribution in [0.1, 0.15) is 54.9 Å². The number of ether oxygens (including phenoxy) is 1. The van der Waals surface area contributed by atoms with Crippen LogP contribution in [0.15, 0.2) is 34.7 Å². The molecule has 220 valence electrons. The lowest BCUT2D eigenvalue weighted by molar-refractivity contribution is -0.151. The SMILES string of the molecule is CCS(=O)(=O)Nc1nc2oc(-c3ccc(F)cc3)c(C(=O)NC)c2cc1CCCCC(=O)N1CCCC1C(=O)OC. The minimum atomic E-state index is -3.70. The zero-order valence-corrected chi connectivity index (χ0v) is 24.0. The van der Waals surface area contributed by atoms with Gasteiger partial charge in [-0.05, 0) is 74.9 Å². The van der Waals surface area contributed by atoms with E-state index in [2.05, 4.69) is 15.0 Å². The summed E-state index contributed by atoms with van der Waals surface area (Å²) in [4.78, 5) is 43.7. The van der Waals surface area contributed by atoms with Crippen molar-refractivity contribution in [1.82, 2.24) is 15.2 Å². The third-order valence-electron chi connectivity index (χ3n) is 7.09. The molecule has 0 spiro atoms. The Morgan fingerprint density at radius 2 is 1.93 bits per heavy atom. The Bertz CT molecular complexity index is 1550. The number of nitrogens with one attached hydrogen (secondary N) is 2. The summed E-state index contributed by atoms with van der Waals surface area (Å²) in [6, 6.07) is 6.53. The Labute approximate surface area is 237 Å². The molecule has 0 saturated carbocycles. The van der Waals surface area contributed by atoms with Gasteiger partial charge in [0.15, 0.2) is 0 Å². The number of fused-ring (bicyclic) bond motifs is 1. The standard InChI is InChI=1S/C28H33FN4O7S/c1-4-41(37,38)32-25-18(8-5-6-10-22(34)33-15-7-9-21(33)28(36)39-3)16-20-23(26(35)30-2)24(40-27(20)31-25)17-11-13-19(29)14-12-17/h11-14,16,21H,4-10,15H2,1-3H3,(H,30,35)(H,31,32). The number of halogens is 1. The monoisotopic (exact) mass is 588 g/mol. The zero-order chi connectivity index (χ0) is 29.7. The van der Waals surface area contributed by atoms with Gasteiger partial charge in [-0.25, -0.2) is 17.6 Å². The zero-order valence-electron chi connectivity index (χ0n) is 23.2. The van der Waals surface area contributed by atoms with Gasteiger partial charge < -0.3 is 19.4 Å². The van der Waals surface area contributed by atoms with E-state index in [4.69, 9.17) is 9.15 Å². The second-order valence-electron chi connectivity index (χ2n) is 9.72. The van der Waals surface area contributed by atoms with Crippen LogP contribution in [0, 0.1) is 5.82 Å². The molecule has 1 fully saturated rings. The van der Waals surface area contributed by atoms with E-state index in [9.17, 15) is 27.2 Å². The van der Waals surface area contributed by atoms with Crippen LogP contribution in [-0.2, 0) is 30.8 Å². The first-order valence-corrected chi connectivity index (χ1v) is 15.1. The topological polar surface area (TPSA) is 148 Å². The predicted molar refractivity (Wildman–Crippen MR) is 150 cm³/mol. The van der Waals surface area contributed by atoms with E-state index in [0.717, 1.165) is 6.42 Å². The molecular formula is C28H33FN4O7S. The number of furan rings is 1. The molecule has 0 radical (unpaired) electrons. The first kappa shape index (κ1) is 30.0. The number of nitrogens with zero attached hydrogens (tertiary/aromatic N) is 2. The summed E-state index contributed by atoms with van der Waals surface area (Å²) in [7, 11) is -0.926. The molecule has 1 aliphatic rings. The number of sulfonamides is 1. The molecule has 2 aromatic heterocycles. The molecule has 3 aromatic rings. The third-order valence-corrected chi connectivity index (χ3v) is 8.35. The lowest BCUT2D eigenvalue weighted by Gasteiger charge is -2.22. The Kier molecular flexibility index (Phi) is 9.26. The number of carbonyl (C=O) groups excluding carboxylic acids is 3. The third kappa shape index (κ3) is 6.67. The Hall–Kier alpha value is -4.00. The molecule has 2 N–H and O–H groups in total. The Morgan fingerprint density at radius 1 is 1.20 bits per heavy atom. The highest BCUT2D eigenvalue weighted by molar-refractivity contribution is 7.92. The summed E-state index contributed by atoms with van der Waals surface area (Å²) in [5, 5.41) is 2.95. The van der Waals surface area contributed by atoms with Crippen molar-refractivity contribution in [3.63, 3.8) is 0 Å². The number of benzene rings is 1. The fourth-order valence-electron chi connectivity index (χ4n) is 4.90. The summed E-state index contributed by atoms with van der Waals surface area (Å²) in [6.45, 7) is 2.00. The average Bonchev–Trinajstić information content (AvgIpc) is 3.60. The Balaban J connectivity index is 1.63. The summed E-state index contributed by atoms with van der Waals surface area (Å²) in [6.07, 6.45) is 2.86. The van der Waals surface area contributed by atoms with E-state index in [-0.39, 0.29) is 40.9 Å². The van der Waals surface area contributed by atoms with Gasteiger partial charge in [0.05, 0.1) is 23.8 Å². The molecule has 0 bridgehead atoms. The first-order chi connectivity index (χ1) is 19.6. The van der Waals surface area contributed by atoms with Crippen molar-refractivity contribution in [2.24, 2.45) is 0 Å². The molecule has 1 aliphatic heterocycles. The van der Waals surface area contributed by atoms with Gasteiger partial charge in [-0.3, -0.25) is 14.3 Å². The molecule has 1 unspecified atom stereocenters. The number of hydrogen-bond acceptors (Lipinski definition) is 8. The van der Waals surface area contributed by atoms with Crippen LogP contribution in [-0.4, -0.2) is 68.6 Å². The number of esters is 1. The van der Waals surface area contributed by atoms with Crippen LogP contribution in [0.4, 0.5) is 10.2 Å². The van der Waals surface area contributed by atoms with Crippen LogP contribution in [0.5, 0.6) is 0 Å². The van der Waals surface area contributed by atoms with E-state index >= 15 is 0 Å². The highest BCUT2D eigenvalue weighted by atomic mass is 32.2. The molecule has 1 atom stereocenters. The number of aromatic nitrogens is 1. The largest absolute Gasteiger partial charge is 0.467 e. The number of methoxy groups -OCH3 is 1. The molecule has 3 heterocycles. The number of likely N-dealkylation sites (tertiary alicyclic amines) is 1. The summed E-state index contributed by atoms with van der Waals surface area (Å²) < 4.78 is 51.7. The smallest absolute Gasteiger partial charge is 0.328 e. The van der Waals surface area contributed by atoms with Crippen molar-refractivity contribution in [2.45, 2.75) is 51.5 Å². The molecule has 41 heavy (non-hydrogen) atoms. The van der Waals surface area contributed by atoms with Gasteiger partial charge >= 0.3 is 5.97 Å². The van der Waals surface area contributed by atoms with Crippen LogP contribution in [0.25, 0.3) is 22.4 Å². The van der Waals surface area contributed by atoms with Crippen LogP contribution in [0.2, 0.25) is 0 Å². The number of carbonyl (C=O) groups is 3. The average molecular weight is 589 g/mol. The highest BCUT2D eigenvalue weighted by Crippen LogP contribution is 2.35. The van der Waals surface area contributed by atoms with E-state index in [1.165, 1.54) is 45.3 Å². The van der Waals surface area contributed by atoms with Gasteiger partial charge in [-0.15, -0.1) is 0 Å². The normalized spacial score (nSPS) is 15.2. The second-order valence-corrected chi connectivity index (χ2v) is 11.7. The minimum Gasteiger partial charge on any atom is -0.467 e. The summed E-state index contributed by atoms with van der Waals surface area (Å²) in [5.74, 6) is -1.40. The number of unbranched alkanes of at least 4 members (excludes halogenated alkanes) is 1. The van der Waals surface area contributed by atoms with Crippen LogP contribution >= 0.6 is 0 Å². The van der Waals surface area contributed by atoms with E-state index in [0.29, 0.717) is 48.7 Å². The van der Waals surface area contributed by atoms with Gasteiger partial charge in [0.2, 0.25) is 21.6 Å². The van der Waals surface area contributed by atoms with Gasteiger partial charge in [-0.2, -0.15) is 4.98 Å². The quantitative estimate of drug-likeness (QED) is 0.255. The molecular weight excluding hydrogens is 555 g/mol. The maximum absolute atomic E-state index is 13.6. The van der Waals surface area contributed by atoms with Gasteiger partial charge in [0.25, 0.3) is 5.91 Å². The number of amides is 2. The van der Waals surface area contributed by atoms with Gasteiger partial charge in [0, 0.05) is 25.6 Å². The van der Waals surface area contributed by atoms with Crippen molar-refractivity contribution >= 4 is 44.7 Å². The van der Waals surface area contributed by atoms with Crippen LogP contribution in [0.3, 0.4) is 0 Å². The van der Waals surface area contributed by atoms with E-state index in [1.807, 2.05) is 0 Å². The summed E-state index contributed by atoms with van der Waals surface area (Å²) in [5.41, 5.74) is 1.20. The molecule has 2 amide bonds. The van der Waals surface area contributed by atoms with Crippen molar-refractivity contribution in [2.75, 3.05) is 31.2 Å². The van der Waals surface area contributed by atoms with Crippen molar-refractivity contribution in [1.29, 1.82) is 0 Å². The minimum absolute atomic E-state index is 0.0403. The number of pyridine rings is 1.